The smallest absolute Gasteiger partial charge is 0.258 e. The highest BCUT2D eigenvalue weighted by atomic mass is 35.5. The Hall–Kier alpha value is -0.510. The van der Waals surface area contributed by atoms with Crippen LogP contribution >= 0.6 is 23.2 Å². The van der Waals surface area contributed by atoms with Gasteiger partial charge in [-0.25, -0.2) is 5.01 Å². The van der Waals surface area contributed by atoms with Gasteiger partial charge >= 0.3 is 0 Å². The van der Waals surface area contributed by atoms with E-state index in [9.17, 15) is 4.79 Å². The first-order valence-electron chi connectivity index (χ1n) is 10.1. The first-order chi connectivity index (χ1) is 12.3. The van der Waals surface area contributed by atoms with E-state index in [1.807, 2.05) is 32.1 Å². The fourth-order valence-electron chi connectivity index (χ4n) is 5.44. The maximum absolute atomic E-state index is 13.0. The number of alkyl halides is 1. The number of fused-ring (bicyclic) bond motifs is 4. The molecule has 4 aliphatic carbocycles. The Balaban J connectivity index is 1.52. The summed E-state index contributed by atoms with van der Waals surface area (Å²) < 4.78 is 0. The van der Waals surface area contributed by atoms with Gasteiger partial charge in [-0.1, -0.05) is 30.7 Å². The maximum atomic E-state index is 13.0. The van der Waals surface area contributed by atoms with Gasteiger partial charge in [0.05, 0.1) is 11.4 Å². The second-order valence-electron chi connectivity index (χ2n) is 9.37. The molecular formula is C21H30Cl2N2O. The van der Waals surface area contributed by atoms with Crippen LogP contribution in [0.25, 0.3) is 0 Å². The summed E-state index contributed by atoms with van der Waals surface area (Å²) in [5.74, 6) is 2.72. The van der Waals surface area contributed by atoms with E-state index in [-0.39, 0.29) is 17.2 Å². The Morgan fingerprint density at radius 3 is 2.65 bits per heavy atom. The van der Waals surface area contributed by atoms with Gasteiger partial charge in [0.1, 0.15) is 5.54 Å². The minimum absolute atomic E-state index is 0.0757. The van der Waals surface area contributed by atoms with Gasteiger partial charge in [-0.2, -0.15) is 0 Å². The average Bonchev–Trinajstić information content (AvgIpc) is 2.54. The van der Waals surface area contributed by atoms with Gasteiger partial charge in [-0.15, -0.1) is 11.6 Å². The lowest BCUT2D eigenvalue weighted by atomic mass is 9.65. The molecule has 0 radical (unpaired) electrons. The van der Waals surface area contributed by atoms with E-state index in [1.54, 1.807) is 0 Å². The second-order valence-corrected chi connectivity index (χ2v) is 10.3. The van der Waals surface area contributed by atoms with Gasteiger partial charge in [0.2, 0.25) is 0 Å². The summed E-state index contributed by atoms with van der Waals surface area (Å²) in [5, 5.41) is 5.01. The molecule has 3 nitrogen and oxygen atoms in total. The number of halogens is 2. The molecule has 2 bridgehead atoms. The van der Waals surface area contributed by atoms with Gasteiger partial charge in [0.15, 0.2) is 0 Å². The number of nitrogens with zero attached hydrogens (tertiary/aromatic N) is 2. The van der Waals surface area contributed by atoms with Gasteiger partial charge < -0.3 is 0 Å². The molecule has 5 aliphatic rings. The van der Waals surface area contributed by atoms with Crippen molar-refractivity contribution in [3.05, 3.63) is 23.3 Å². The van der Waals surface area contributed by atoms with Crippen molar-refractivity contribution in [2.75, 3.05) is 6.54 Å². The number of carbonyl (C=O) groups is 1. The Kier molecular flexibility index (Phi) is 4.95. The maximum Gasteiger partial charge on any atom is 0.258 e. The fourth-order valence-corrected chi connectivity index (χ4v) is 5.90. The van der Waals surface area contributed by atoms with E-state index in [0.29, 0.717) is 12.0 Å². The van der Waals surface area contributed by atoms with E-state index in [4.69, 9.17) is 23.2 Å². The van der Waals surface area contributed by atoms with E-state index >= 15 is 0 Å². The second kappa shape index (κ2) is 6.83. The normalized spacial score (nSPS) is 42.4. The zero-order valence-corrected chi connectivity index (χ0v) is 17.5. The topological polar surface area (TPSA) is 23.6 Å². The minimum Gasteiger partial charge on any atom is -0.271 e. The van der Waals surface area contributed by atoms with E-state index in [0.717, 1.165) is 29.8 Å². The van der Waals surface area contributed by atoms with Crippen LogP contribution < -0.4 is 0 Å². The molecule has 1 aliphatic heterocycles. The summed E-state index contributed by atoms with van der Waals surface area (Å²) >= 11 is 12.7. The molecule has 4 unspecified atom stereocenters. The monoisotopic (exact) mass is 396 g/mol. The summed E-state index contributed by atoms with van der Waals surface area (Å²) in [6, 6.07) is 0.327. The largest absolute Gasteiger partial charge is 0.271 e. The number of amides is 1. The van der Waals surface area contributed by atoms with Crippen LogP contribution in [0.15, 0.2) is 23.3 Å². The fraction of sp³-hybridized carbons (Fsp3) is 0.762. The Bertz CT molecular complexity index is 638. The SMILES string of the molecule is CC1CC2CC(CCC1N1C(=O)C(C)(C)N1CC1C=C(Cl)C=CC1Cl)C2. The molecule has 0 spiro atoms. The lowest BCUT2D eigenvalue weighted by molar-refractivity contribution is -0.234. The standard InChI is InChI=1S/C21H30Cl2N2O/c1-13-8-15-9-14(10-15)4-7-19(13)25-20(26)21(2,3)24(25)12-16-11-17(22)5-6-18(16)23/h5-6,11,13-16,18-19H,4,7-10,12H2,1-3H3. The Morgan fingerprint density at radius 1 is 1.19 bits per heavy atom. The summed E-state index contributed by atoms with van der Waals surface area (Å²) in [6.07, 6.45) is 12.3. The number of carbonyl (C=O) groups excluding carboxylic acids is 1. The highest BCUT2D eigenvalue weighted by Gasteiger charge is 2.56. The molecule has 144 valence electrons. The first kappa shape index (κ1) is 18.8. The van der Waals surface area contributed by atoms with Crippen molar-refractivity contribution in [3.8, 4) is 0 Å². The van der Waals surface area contributed by atoms with Crippen molar-refractivity contribution < 1.29 is 4.79 Å². The minimum atomic E-state index is -0.455. The van der Waals surface area contributed by atoms with Crippen LogP contribution in [0.4, 0.5) is 0 Å². The van der Waals surface area contributed by atoms with E-state index in [1.165, 1.54) is 25.7 Å². The molecular weight excluding hydrogens is 367 g/mol. The van der Waals surface area contributed by atoms with Gasteiger partial charge in [0.25, 0.3) is 5.91 Å². The molecule has 26 heavy (non-hydrogen) atoms. The summed E-state index contributed by atoms with van der Waals surface area (Å²) in [5.41, 5.74) is -0.455. The lowest BCUT2D eigenvalue weighted by Crippen LogP contribution is -2.78. The summed E-state index contributed by atoms with van der Waals surface area (Å²) in [6.45, 7) is 7.14. The van der Waals surface area contributed by atoms with Gasteiger partial charge in [-0.3, -0.25) is 9.80 Å². The van der Waals surface area contributed by atoms with Crippen molar-refractivity contribution in [3.63, 3.8) is 0 Å². The number of hydrogen-bond donors (Lipinski definition) is 0. The highest BCUT2D eigenvalue weighted by molar-refractivity contribution is 6.31. The van der Waals surface area contributed by atoms with E-state index < -0.39 is 5.54 Å². The van der Waals surface area contributed by atoms with Crippen molar-refractivity contribution in [2.24, 2.45) is 23.7 Å². The highest BCUT2D eigenvalue weighted by Crippen LogP contribution is 2.47. The molecule has 4 atom stereocenters. The van der Waals surface area contributed by atoms with Crippen LogP contribution in [0.5, 0.6) is 0 Å². The zero-order chi connectivity index (χ0) is 18.6. The Morgan fingerprint density at radius 2 is 1.92 bits per heavy atom. The first-order valence-corrected chi connectivity index (χ1v) is 10.9. The zero-order valence-electron chi connectivity index (χ0n) is 16.0. The number of allylic oxidation sites excluding steroid dienone is 3. The quantitative estimate of drug-likeness (QED) is 0.629. The Labute approximate surface area is 167 Å². The molecule has 1 saturated heterocycles. The van der Waals surface area contributed by atoms with Crippen molar-refractivity contribution in [1.82, 2.24) is 10.0 Å². The van der Waals surface area contributed by atoms with Crippen LogP contribution in [-0.4, -0.2) is 39.4 Å². The molecule has 1 heterocycles. The molecule has 3 saturated carbocycles. The predicted molar refractivity (Wildman–Crippen MR) is 107 cm³/mol. The van der Waals surface area contributed by atoms with Crippen LogP contribution in [-0.2, 0) is 4.79 Å². The molecule has 4 fully saturated rings. The van der Waals surface area contributed by atoms with Crippen LogP contribution in [0.3, 0.4) is 0 Å². The summed E-state index contributed by atoms with van der Waals surface area (Å²) in [4.78, 5) is 13.0. The number of rotatable bonds is 3. The third kappa shape index (κ3) is 3.14. The molecule has 5 rings (SSSR count). The van der Waals surface area contributed by atoms with Crippen LogP contribution in [0.1, 0.15) is 52.9 Å². The number of hydrazine groups is 1. The van der Waals surface area contributed by atoms with Gasteiger partial charge in [0, 0.05) is 17.5 Å². The molecule has 0 aromatic heterocycles. The predicted octanol–water partition coefficient (Wildman–Crippen LogP) is 4.96. The van der Waals surface area contributed by atoms with Crippen LogP contribution in [0.2, 0.25) is 0 Å². The third-order valence-electron chi connectivity index (χ3n) is 7.12. The molecule has 0 aromatic carbocycles. The molecule has 0 aromatic rings. The number of hydrogen-bond acceptors (Lipinski definition) is 2. The van der Waals surface area contributed by atoms with Crippen LogP contribution in [0, 0.1) is 23.7 Å². The molecule has 5 heteroatoms. The molecule has 1 amide bonds. The molecule has 0 N–H and O–H groups in total. The van der Waals surface area contributed by atoms with Crippen molar-refractivity contribution >= 4 is 29.1 Å². The van der Waals surface area contributed by atoms with Crippen molar-refractivity contribution in [2.45, 2.75) is 69.8 Å². The average molecular weight is 397 g/mol. The van der Waals surface area contributed by atoms with Crippen molar-refractivity contribution in [1.29, 1.82) is 0 Å². The third-order valence-corrected chi connectivity index (χ3v) is 7.84. The van der Waals surface area contributed by atoms with E-state index in [2.05, 4.69) is 16.9 Å². The summed E-state index contributed by atoms with van der Waals surface area (Å²) in [7, 11) is 0. The van der Waals surface area contributed by atoms with Gasteiger partial charge in [-0.05, 0) is 69.8 Å². The lowest BCUT2D eigenvalue weighted by Gasteiger charge is -2.61.